The third-order valence-electron chi connectivity index (χ3n) is 0.782. The largest absolute Gasteiger partial charge is 2.00 e. The summed E-state index contributed by atoms with van der Waals surface area (Å²) in [7, 11) is 0. The van der Waals surface area contributed by atoms with Gasteiger partial charge in [-0.25, -0.2) is 0 Å². The molecule has 0 saturated heterocycles. The number of hydrogen-bond acceptors (Lipinski definition) is 6. The van der Waals surface area contributed by atoms with Gasteiger partial charge in [0.05, 0.1) is 11.9 Å². The molecule has 0 spiro atoms. The minimum absolute atomic E-state index is 0. The van der Waals surface area contributed by atoms with Crippen molar-refractivity contribution in [3.63, 3.8) is 0 Å². The molecule has 0 aromatic carbocycles. The molecular weight excluding hydrogens is 239 g/mol. The number of rotatable bonds is 3. The minimum atomic E-state index is -2.44. The Morgan fingerprint density at radius 3 is 1.25 bits per heavy atom. The zero-order chi connectivity index (χ0) is 8.31. The number of aliphatic hydroxyl groups excluding tert-OH is 2. The Hall–Kier alpha value is 1.02. The second-order valence-electron chi connectivity index (χ2n) is 1.53. The monoisotopic (exact) mass is 243 g/mol. The van der Waals surface area contributed by atoms with Crippen LogP contribution in [-0.4, -0.2) is 34.4 Å². The van der Waals surface area contributed by atoms with Crippen LogP contribution in [0, 0.1) is 0 Å². The van der Waals surface area contributed by atoms with Gasteiger partial charge in [-0.1, -0.05) is 0 Å². The van der Waals surface area contributed by atoms with Crippen molar-refractivity contribution in [1.82, 2.24) is 0 Å². The summed E-state index contributed by atoms with van der Waals surface area (Å²) in [6, 6.07) is 0. The van der Waals surface area contributed by atoms with E-state index in [0.29, 0.717) is 0 Å². The van der Waals surface area contributed by atoms with Gasteiger partial charge in [0, 0.05) is 0 Å². The predicted molar refractivity (Wildman–Crippen MR) is 22.0 cm³/mol. The van der Waals surface area contributed by atoms with Crippen LogP contribution in [0.1, 0.15) is 0 Å². The summed E-state index contributed by atoms with van der Waals surface area (Å²) >= 11 is 0. The molecule has 0 heterocycles. The molecule has 0 aliphatic rings. The van der Waals surface area contributed by atoms with Crippen LogP contribution >= 0.6 is 0 Å². The van der Waals surface area contributed by atoms with Gasteiger partial charge in [-0.15, -0.1) is 0 Å². The maximum atomic E-state index is 9.63. The summed E-state index contributed by atoms with van der Waals surface area (Å²) < 4.78 is 0. The van der Waals surface area contributed by atoms with Crippen LogP contribution < -0.4 is 61.6 Å². The molecule has 0 fully saturated rings. The molecule has 0 aliphatic carbocycles. The number of aliphatic hydroxyl groups is 2. The van der Waals surface area contributed by atoms with Gasteiger partial charge in [-0.05, 0) is 0 Å². The molecule has 2 unspecified atom stereocenters. The van der Waals surface area contributed by atoms with E-state index in [1.54, 1.807) is 0 Å². The SMILES string of the molecule is O=C([O-])C(O)C(O)C(=O)[O-].[Fe+2].[K+]. The van der Waals surface area contributed by atoms with Crippen molar-refractivity contribution in [3.05, 3.63) is 0 Å². The predicted octanol–water partition coefficient (Wildman–Crippen LogP) is -7.79. The Bertz CT molecular complexity index is 144. The van der Waals surface area contributed by atoms with Gasteiger partial charge in [0.1, 0.15) is 12.2 Å². The molecule has 12 heavy (non-hydrogen) atoms. The quantitative estimate of drug-likeness (QED) is 0.475. The first kappa shape index (κ1) is 18.7. The van der Waals surface area contributed by atoms with Crippen molar-refractivity contribution >= 4 is 11.9 Å². The zero-order valence-corrected chi connectivity index (χ0v) is 10.3. The number of hydrogen-bond donors (Lipinski definition) is 2. The summed E-state index contributed by atoms with van der Waals surface area (Å²) in [6.07, 6.45) is -4.88. The molecule has 8 heteroatoms. The van der Waals surface area contributed by atoms with Crippen molar-refractivity contribution in [2.24, 2.45) is 0 Å². The van der Waals surface area contributed by atoms with Crippen LogP contribution in [0.25, 0.3) is 0 Å². The van der Waals surface area contributed by atoms with Gasteiger partial charge in [0.15, 0.2) is 0 Å². The number of carbonyl (C=O) groups is 2. The first-order valence-corrected chi connectivity index (χ1v) is 2.24. The van der Waals surface area contributed by atoms with Crippen LogP contribution in [0.15, 0.2) is 0 Å². The van der Waals surface area contributed by atoms with Gasteiger partial charge in [-0.2, -0.15) is 0 Å². The van der Waals surface area contributed by atoms with Crippen molar-refractivity contribution in [1.29, 1.82) is 0 Å². The third kappa shape index (κ3) is 6.52. The number of carboxylic acid groups (broad SMARTS) is 2. The van der Waals surface area contributed by atoms with E-state index in [1.165, 1.54) is 0 Å². The van der Waals surface area contributed by atoms with Crippen LogP contribution in [0.4, 0.5) is 0 Å². The molecule has 64 valence electrons. The maximum absolute atomic E-state index is 9.63. The molecule has 6 nitrogen and oxygen atoms in total. The molecule has 0 bridgehead atoms. The molecule has 0 aromatic heterocycles. The van der Waals surface area contributed by atoms with Crippen LogP contribution in [-0.2, 0) is 26.7 Å². The van der Waals surface area contributed by atoms with Crippen molar-refractivity contribution < 1.29 is 98.5 Å². The second-order valence-corrected chi connectivity index (χ2v) is 1.53. The standard InChI is InChI=1S/C4H6O6.Fe.K/c5-1(3(7)8)2(6)4(9)10;;/h1-2,5-6H,(H,7,8)(H,9,10);;/q;+2;+1/p-2. The van der Waals surface area contributed by atoms with Gasteiger partial charge >= 0.3 is 68.5 Å². The van der Waals surface area contributed by atoms with Crippen LogP contribution in [0.5, 0.6) is 0 Å². The fourth-order valence-corrected chi connectivity index (χ4v) is 0.258. The number of aliphatic carboxylic acids is 2. The van der Waals surface area contributed by atoms with E-state index in [9.17, 15) is 19.8 Å². The van der Waals surface area contributed by atoms with E-state index >= 15 is 0 Å². The van der Waals surface area contributed by atoms with Crippen molar-refractivity contribution in [2.45, 2.75) is 12.2 Å². The smallest absolute Gasteiger partial charge is 0.547 e. The topological polar surface area (TPSA) is 121 Å². The minimum Gasteiger partial charge on any atom is -0.547 e. The molecule has 2 atom stereocenters. The van der Waals surface area contributed by atoms with E-state index in [4.69, 9.17) is 10.2 Å². The first-order valence-electron chi connectivity index (χ1n) is 2.24. The fourth-order valence-electron chi connectivity index (χ4n) is 0.258. The average molecular weight is 243 g/mol. The molecule has 0 aromatic rings. The third-order valence-corrected chi connectivity index (χ3v) is 0.782. The summed E-state index contributed by atoms with van der Waals surface area (Å²) in [5.74, 6) is -4.12. The Kier molecular flexibility index (Phi) is 13.4. The Labute approximate surface area is 121 Å². The van der Waals surface area contributed by atoms with Crippen molar-refractivity contribution in [3.8, 4) is 0 Å². The fraction of sp³-hybridized carbons (Fsp3) is 0.500. The Morgan fingerprint density at radius 1 is 1.00 bits per heavy atom. The average Bonchev–Trinajstić information content (AvgIpc) is 1.84. The molecule has 0 amide bonds. The number of carbonyl (C=O) groups excluding carboxylic acids is 2. The van der Waals surface area contributed by atoms with Gasteiger partial charge in [0.2, 0.25) is 0 Å². The maximum Gasteiger partial charge on any atom is 2.00 e. The molecular formula is C4H4FeKO6+. The normalized spacial score (nSPS) is 13.2. The second kappa shape index (κ2) is 8.61. The Balaban J connectivity index is -0.000000405. The molecule has 0 rings (SSSR count). The Morgan fingerprint density at radius 2 is 1.17 bits per heavy atom. The summed E-state index contributed by atoms with van der Waals surface area (Å²) in [6.45, 7) is 0. The zero-order valence-electron chi connectivity index (χ0n) is 6.04. The van der Waals surface area contributed by atoms with Gasteiger partial charge in [-0.3, -0.25) is 0 Å². The van der Waals surface area contributed by atoms with Crippen LogP contribution in [0.3, 0.4) is 0 Å². The van der Waals surface area contributed by atoms with Gasteiger partial charge in [0.25, 0.3) is 0 Å². The van der Waals surface area contributed by atoms with Crippen LogP contribution in [0.2, 0.25) is 0 Å². The molecule has 0 radical (unpaired) electrons. The van der Waals surface area contributed by atoms with E-state index in [-0.39, 0.29) is 68.5 Å². The summed E-state index contributed by atoms with van der Waals surface area (Å²) in [5.41, 5.74) is 0. The van der Waals surface area contributed by atoms with E-state index in [0.717, 1.165) is 0 Å². The van der Waals surface area contributed by atoms with E-state index < -0.39 is 24.1 Å². The molecule has 2 N–H and O–H groups in total. The number of carboxylic acids is 2. The van der Waals surface area contributed by atoms with E-state index in [2.05, 4.69) is 0 Å². The van der Waals surface area contributed by atoms with Gasteiger partial charge < -0.3 is 30.0 Å². The molecule has 0 saturated carbocycles. The van der Waals surface area contributed by atoms with E-state index in [1.807, 2.05) is 0 Å². The van der Waals surface area contributed by atoms with Crippen molar-refractivity contribution in [2.75, 3.05) is 0 Å². The molecule has 0 aliphatic heterocycles. The summed E-state index contributed by atoms with van der Waals surface area (Å²) in [5, 5.41) is 35.7. The first-order chi connectivity index (χ1) is 4.46. The summed E-state index contributed by atoms with van der Waals surface area (Å²) in [4.78, 5) is 19.3.